The molecule has 0 aliphatic carbocycles. The van der Waals surface area contributed by atoms with Gasteiger partial charge in [-0.15, -0.1) is 11.3 Å². The number of thiophene rings is 1. The molecule has 1 rings (SSSR count). The zero-order valence-corrected chi connectivity index (χ0v) is 10.9. The Labute approximate surface area is 101 Å². The average molecular weight is 242 g/mol. The molecule has 2 nitrogen and oxygen atoms in total. The smallest absolute Gasteiger partial charge is 0.0740 e. The predicted octanol–water partition coefficient (Wildman–Crippen LogP) is 2.29. The van der Waals surface area contributed by atoms with Crippen molar-refractivity contribution in [1.29, 1.82) is 0 Å². The molecular weight excluding hydrogens is 224 g/mol. The number of nitrogens with two attached hydrogens (primary N) is 1. The van der Waals surface area contributed by atoms with E-state index in [1.165, 1.54) is 4.88 Å². The van der Waals surface area contributed by atoms with E-state index in [1.807, 2.05) is 11.3 Å². The van der Waals surface area contributed by atoms with Gasteiger partial charge in [-0.2, -0.15) is 0 Å². The summed E-state index contributed by atoms with van der Waals surface area (Å²) in [6.07, 6.45) is 1.91. The molecule has 0 radical (unpaired) electrons. The topological polar surface area (TPSA) is 29.3 Å². The third-order valence-corrected chi connectivity index (χ3v) is 3.64. The third-order valence-electron chi connectivity index (χ3n) is 2.54. The lowest BCUT2D eigenvalue weighted by atomic mass is 10.2. The summed E-state index contributed by atoms with van der Waals surface area (Å²) >= 11 is 6.69. The van der Waals surface area contributed by atoms with Crippen molar-refractivity contribution in [3.63, 3.8) is 0 Å². The lowest BCUT2D eigenvalue weighted by Crippen LogP contribution is -2.33. The highest BCUT2D eigenvalue weighted by Gasteiger charge is 2.10. The summed E-state index contributed by atoms with van der Waals surface area (Å²) in [5.74, 6) is 0. The first-order valence-corrected chi connectivity index (χ1v) is 6.39. The zero-order chi connectivity index (χ0) is 11.3. The van der Waals surface area contributed by atoms with E-state index in [9.17, 15) is 0 Å². The van der Waals surface area contributed by atoms with Crippen LogP contribution >= 0.6 is 23.6 Å². The van der Waals surface area contributed by atoms with E-state index < -0.39 is 0 Å². The van der Waals surface area contributed by atoms with Crippen LogP contribution in [0, 0.1) is 0 Å². The summed E-state index contributed by atoms with van der Waals surface area (Å²) in [7, 11) is 2.12. The van der Waals surface area contributed by atoms with E-state index >= 15 is 0 Å². The van der Waals surface area contributed by atoms with Crippen molar-refractivity contribution in [2.24, 2.45) is 5.73 Å². The largest absolute Gasteiger partial charge is 0.393 e. The molecule has 1 atom stereocenters. The highest BCUT2D eigenvalue weighted by atomic mass is 32.1. The van der Waals surface area contributed by atoms with Crippen LogP contribution in [0.1, 0.15) is 18.2 Å². The Morgan fingerprint density at radius 1 is 1.67 bits per heavy atom. The lowest BCUT2D eigenvalue weighted by Gasteiger charge is -2.23. The monoisotopic (exact) mass is 242 g/mol. The normalized spacial score (nSPS) is 13.0. The van der Waals surface area contributed by atoms with Crippen molar-refractivity contribution in [3.05, 3.63) is 22.4 Å². The van der Waals surface area contributed by atoms with Gasteiger partial charge in [0, 0.05) is 23.9 Å². The van der Waals surface area contributed by atoms with Crippen molar-refractivity contribution >= 4 is 28.5 Å². The molecule has 0 saturated heterocycles. The molecule has 0 amide bonds. The Balaban J connectivity index is 2.33. The first kappa shape index (κ1) is 12.6. The molecule has 2 N–H and O–H groups in total. The molecule has 0 fully saturated rings. The molecule has 15 heavy (non-hydrogen) atoms. The maximum Gasteiger partial charge on any atom is 0.0740 e. The van der Waals surface area contributed by atoms with Gasteiger partial charge >= 0.3 is 0 Å². The summed E-state index contributed by atoms with van der Waals surface area (Å²) < 4.78 is 0. The van der Waals surface area contributed by atoms with Gasteiger partial charge in [0.15, 0.2) is 0 Å². The van der Waals surface area contributed by atoms with Gasteiger partial charge in [-0.25, -0.2) is 0 Å². The van der Waals surface area contributed by atoms with Crippen LogP contribution in [0.15, 0.2) is 17.5 Å². The van der Waals surface area contributed by atoms with Crippen LogP contribution in [0.3, 0.4) is 0 Å². The molecule has 0 aromatic carbocycles. The van der Waals surface area contributed by atoms with Gasteiger partial charge in [0.1, 0.15) is 0 Å². The van der Waals surface area contributed by atoms with Crippen LogP contribution < -0.4 is 5.73 Å². The Hall–Kier alpha value is -0.450. The maximum atomic E-state index is 5.48. The Kier molecular flexibility index (Phi) is 5.22. The molecule has 1 aromatic heterocycles. The fourth-order valence-electron chi connectivity index (χ4n) is 1.38. The summed E-state index contributed by atoms with van der Waals surface area (Å²) in [5.41, 5.74) is 5.48. The highest BCUT2D eigenvalue weighted by Crippen LogP contribution is 2.13. The fraction of sp³-hybridized carbons (Fsp3) is 0.545. The van der Waals surface area contributed by atoms with Crippen LogP contribution in [0.5, 0.6) is 0 Å². The molecule has 0 spiro atoms. The van der Waals surface area contributed by atoms with Gasteiger partial charge < -0.3 is 10.6 Å². The number of nitrogens with zero attached hydrogens (tertiary/aromatic N) is 1. The van der Waals surface area contributed by atoms with Crippen LogP contribution in [0.2, 0.25) is 0 Å². The molecular formula is C11H18N2S2. The number of likely N-dealkylation sites (N-methyl/N-ethyl adjacent to an activating group) is 1. The minimum atomic E-state index is 0.540. The SMILES string of the molecule is CC(Cc1cccs1)N(C)CCC(N)=S. The van der Waals surface area contributed by atoms with Crippen LogP contribution in [-0.4, -0.2) is 29.5 Å². The maximum absolute atomic E-state index is 5.48. The van der Waals surface area contributed by atoms with Crippen molar-refractivity contribution in [3.8, 4) is 0 Å². The first-order valence-electron chi connectivity index (χ1n) is 5.10. The molecule has 1 unspecified atom stereocenters. The molecule has 1 aromatic rings. The van der Waals surface area contributed by atoms with Gasteiger partial charge in [-0.05, 0) is 31.8 Å². The van der Waals surface area contributed by atoms with Crippen molar-refractivity contribution in [2.45, 2.75) is 25.8 Å². The van der Waals surface area contributed by atoms with Gasteiger partial charge in [-0.3, -0.25) is 0 Å². The molecule has 0 saturated carbocycles. The average Bonchev–Trinajstić information content (AvgIpc) is 2.66. The van der Waals surface area contributed by atoms with E-state index in [2.05, 4.69) is 36.4 Å². The van der Waals surface area contributed by atoms with Gasteiger partial charge in [-0.1, -0.05) is 18.3 Å². The summed E-state index contributed by atoms with van der Waals surface area (Å²) in [4.78, 5) is 4.34. The predicted molar refractivity (Wildman–Crippen MR) is 71.5 cm³/mol. The quantitative estimate of drug-likeness (QED) is 0.776. The fourth-order valence-corrected chi connectivity index (χ4v) is 2.30. The second-order valence-electron chi connectivity index (χ2n) is 3.83. The molecule has 0 bridgehead atoms. The van der Waals surface area contributed by atoms with Crippen molar-refractivity contribution in [2.75, 3.05) is 13.6 Å². The van der Waals surface area contributed by atoms with Crippen molar-refractivity contribution in [1.82, 2.24) is 4.90 Å². The number of thiocarbonyl (C=S) groups is 1. The molecule has 0 aliphatic rings. The summed E-state index contributed by atoms with van der Waals surface area (Å²) in [6.45, 7) is 3.18. The third kappa shape index (κ3) is 4.73. The minimum Gasteiger partial charge on any atom is -0.393 e. The Morgan fingerprint density at radius 2 is 2.40 bits per heavy atom. The van der Waals surface area contributed by atoms with Gasteiger partial charge in [0.05, 0.1) is 4.99 Å². The molecule has 84 valence electrons. The molecule has 4 heteroatoms. The molecule has 0 aliphatic heterocycles. The van der Waals surface area contributed by atoms with E-state index in [0.29, 0.717) is 11.0 Å². The number of hydrogen-bond donors (Lipinski definition) is 1. The zero-order valence-electron chi connectivity index (χ0n) is 9.27. The van der Waals surface area contributed by atoms with Gasteiger partial charge in [0.25, 0.3) is 0 Å². The standard InChI is InChI=1S/C11H18N2S2/c1-9(8-10-4-3-7-15-10)13(2)6-5-11(12)14/h3-4,7,9H,5-6,8H2,1-2H3,(H2,12,14). The van der Waals surface area contributed by atoms with E-state index in [0.717, 1.165) is 19.4 Å². The van der Waals surface area contributed by atoms with E-state index in [-0.39, 0.29) is 0 Å². The lowest BCUT2D eigenvalue weighted by molar-refractivity contribution is 0.264. The van der Waals surface area contributed by atoms with E-state index in [4.69, 9.17) is 18.0 Å². The number of hydrogen-bond acceptors (Lipinski definition) is 3. The van der Waals surface area contributed by atoms with Crippen molar-refractivity contribution < 1.29 is 0 Å². The van der Waals surface area contributed by atoms with E-state index in [1.54, 1.807) is 0 Å². The van der Waals surface area contributed by atoms with Gasteiger partial charge in [0.2, 0.25) is 0 Å². The minimum absolute atomic E-state index is 0.540. The Bertz CT molecular complexity index is 296. The second-order valence-corrected chi connectivity index (χ2v) is 5.39. The second kappa shape index (κ2) is 6.20. The summed E-state index contributed by atoms with van der Waals surface area (Å²) in [5, 5.41) is 2.12. The Morgan fingerprint density at radius 3 is 2.93 bits per heavy atom. The highest BCUT2D eigenvalue weighted by molar-refractivity contribution is 7.80. The van der Waals surface area contributed by atoms with Crippen LogP contribution in [0.25, 0.3) is 0 Å². The first-order chi connectivity index (χ1) is 7.09. The van der Waals surface area contributed by atoms with Crippen LogP contribution in [-0.2, 0) is 6.42 Å². The number of rotatable bonds is 6. The molecule has 1 heterocycles. The summed E-state index contributed by atoms with van der Waals surface area (Å²) in [6, 6.07) is 4.82. The van der Waals surface area contributed by atoms with Crippen LogP contribution in [0.4, 0.5) is 0 Å².